The molecule has 0 N–H and O–H groups in total. The summed E-state index contributed by atoms with van der Waals surface area (Å²) in [5.41, 5.74) is 2.69. The van der Waals surface area contributed by atoms with Crippen LogP contribution in [0.25, 0.3) is 17.0 Å². The highest BCUT2D eigenvalue weighted by molar-refractivity contribution is 6.06. The predicted octanol–water partition coefficient (Wildman–Crippen LogP) is 5.30. The summed E-state index contributed by atoms with van der Waals surface area (Å²) in [6.45, 7) is 0.488. The monoisotopic (exact) mass is 355 g/mol. The third kappa shape index (κ3) is 4.12. The number of para-hydroxylation sites is 1. The van der Waals surface area contributed by atoms with Crippen molar-refractivity contribution in [3.8, 4) is 5.75 Å². The van der Waals surface area contributed by atoms with Gasteiger partial charge in [-0.15, -0.1) is 0 Å². The molecule has 0 saturated carbocycles. The number of carbonyl (C=O) groups excluding carboxylic acids is 1. The number of furan rings is 1. The molecule has 132 valence electrons. The first-order valence-corrected chi connectivity index (χ1v) is 8.61. The fourth-order valence-electron chi connectivity index (χ4n) is 2.68. The molecule has 27 heavy (non-hydrogen) atoms. The van der Waals surface area contributed by atoms with Crippen LogP contribution in [-0.4, -0.2) is 10.8 Å². The molecule has 2 heterocycles. The number of rotatable bonds is 6. The summed E-state index contributed by atoms with van der Waals surface area (Å²) >= 11 is 0. The van der Waals surface area contributed by atoms with Crippen LogP contribution >= 0.6 is 0 Å². The molecular formula is C23H17NO3. The zero-order valence-corrected chi connectivity index (χ0v) is 14.5. The molecule has 4 nitrogen and oxygen atoms in total. The molecule has 0 spiro atoms. The molecule has 2 aromatic heterocycles. The fourth-order valence-corrected chi connectivity index (χ4v) is 2.68. The minimum atomic E-state index is -0.163. The summed E-state index contributed by atoms with van der Waals surface area (Å²) in [6, 6.07) is 20.7. The molecule has 0 aliphatic carbocycles. The van der Waals surface area contributed by atoms with E-state index in [0.29, 0.717) is 18.0 Å². The van der Waals surface area contributed by atoms with Crippen molar-refractivity contribution in [3.05, 3.63) is 102 Å². The Morgan fingerprint density at radius 3 is 2.56 bits per heavy atom. The molecule has 4 heteroatoms. The third-order valence-electron chi connectivity index (χ3n) is 4.13. The van der Waals surface area contributed by atoms with Crippen molar-refractivity contribution in [2.45, 2.75) is 6.61 Å². The summed E-state index contributed by atoms with van der Waals surface area (Å²) in [6.07, 6.45) is 6.77. The van der Waals surface area contributed by atoms with E-state index in [1.165, 1.54) is 6.08 Å². The van der Waals surface area contributed by atoms with Gasteiger partial charge < -0.3 is 9.15 Å². The van der Waals surface area contributed by atoms with E-state index in [-0.39, 0.29) is 5.78 Å². The molecule has 0 aliphatic rings. The van der Waals surface area contributed by atoms with E-state index in [4.69, 9.17) is 9.15 Å². The zero-order valence-electron chi connectivity index (χ0n) is 14.5. The average molecular weight is 355 g/mol. The van der Waals surface area contributed by atoms with Gasteiger partial charge in [0.1, 0.15) is 17.9 Å². The van der Waals surface area contributed by atoms with E-state index in [0.717, 1.165) is 22.3 Å². The largest absolute Gasteiger partial charge is 0.489 e. The minimum Gasteiger partial charge on any atom is -0.489 e. The summed E-state index contributed by atoms with van der Waals surface area (Å²) in [4.78, 5) is 16.3. The van der Waals surface area contributed by atoms with Gasteiger partial charge in [0.2, 0.25) is 5.78 Å². The summed E-state index contributed by atoms with van der Waals surface area (Å²) < 4.78 is 11.3. The number of benzene rings is 2. The lowest BCUT2D eigenvalue weighted by Gasteiger charge is -2.06. The summed E-state index contributed by atoms with van der Waals surface area (Å²) in [5.74, 6) is 0.946. The molecular weight excluding hydrogens is 338 g/mol. The first-order chi connectivity index (χ1) is 13.3. The topological polar surface area (TPSA) is 52.3 Å². The van der Waals surface area contributed by atoms with Crippen LogP contribution in [0.1, 0.15) is 21.7 Å². The number of aromatic nitrogens is 1. The molecule has 0 radical (unpaired) electrons. The normalized spacial score (nSPS) is 11.1. The molecule has 0 fully saturated rings. The maximum atomic E-state index is 12.3. The lowest BCUT2D eigenvalue weighted by atomic mass is 10.1. The van der Waals surface area contributed by atoms with E-state index < -0.39 is 0 Å². The van der Waals surface area contributed by atoms with E-state index in [2.05, 4.69) is 4.98 Å². The Morgan fingerprint density at radius 1 is 1.00 bits per heavy atom. The van der Waals surface area contributed by atoms with Crippen LogP contribution in [0.15, 0.2) is 89.6 Å². The molecule has 4 aromatic rings. The number of fused-ring (bicyclic) bond motifs is 1. The van der Waals surface area contributed by atoms with Crippen LogP contribution in [0.2, 0.25) is 0 Å². The average Bonchev–Trinajstić information content (AvgIpc) is 3.16. The summed E-state index contributed by atoms with van der Waals surface area (Å²) in [7, 11) is 0. The molecule has 0 unspecified atom stereocenters. The summed E-state index contributed by atoms with van der Waals surface area (Å²) in [5, 5.41) is 0.921. The standard InChI is InChI=1S/C23H17NO3/c25-21(23-15-19-3-1-2-4-22(19)27-23)10-7-17-5-8-20(9-6-17)26-16-18-11-13-24-14-12-18/h1-15H,16H2/b10-7+. The first-order valence-electron chi connectivity index (χ1n) is 8.61. The highest BCUT2D eigenvalue weighted by atomic mass is 16.5. The zero-order chi connectivity index (χ0) is 18.5. The SMILES string of the molecule is O=C(/C=C/c1ccc(OCc2ccncc2)cc1)c1cc2ccccc2o1. The Morgan fingerprint density at radius 2 is 1.78 bits per heavy atom. The number of carbonyl (C=O) groups is 1. The quantitative estimate of drug-likeness (QED) is 0.348. The number of hydrogen-bond acceptors (Lipinski definition) is 4. The van der Waals surface area contributed by atoms with Crippen LogP contribution < -0.4 is 4.74 Å². The van der Waals surface area contributed by atoms with Gasteiger partial charge in [0, 0.05) is 17.8 Å². The smallest absolute Gasteiger partial charge is 0.221 e. The molecule has 0 saturated heterocycles. The minimum absolute atomic E-state index is 0.163. The number of pyridine rings is 1. The number of hydrogen-bond donors (Lipinski definition) is 0. The van der Waals surface area contributed by atoms with E-state index in [9.17, 15) is 4.79 Å². The molecule has 2 aromatic carbocycles. The number of allylic oxidation sites excluding steroid dienone is 1. The molecule has 0 aliphatic heterocycles. The van der Waals surface area contributed by atoms with Gasteiger partial charge in [-0.2, -0.15) is 0 Å². The van der Waals surface area contributed by atoms with Gasteiger partial charge >= 0.3 is 0 Å². The van der Waals surface area contributed by atoms with Gasteiger partial charge in [0.15, 0.2) is 5.76 Å². The van der Waals surface area contributed by atoms with Crippen molar-refractivity contribution in [2.75, 3.05) is 0 Å². The van der Waals surface area contributed by atoms with E-state index in [1.807, 2.05) is 60.7 Å². The second-order valence-corrected chi connectivity index (χ2v) is 6.06. The second-order valence-electron chi connectivity index (χ2n) is 6.06. The maximum absolute atomic E-state index is 12.3. The van der Waals surface area contributed by atoms with Crippen molar-refractivity contribution >= 4 is 22.8 Å². The van der Waals surface area contributed by atoms with Crippen LogP contribution in [0.4, 0.5) is 0 Å². The maximum Gasteiger partial charge on any atom is 0.221 e. The Kier molecular flexibility index (Phi) is 4.79. The molecule has 4 rings (SSSR count). The molecule has 0 atom stereocenters. The van der Waals surface area contributed by atoms with Gasteiger partial charge in [-0.3, -0.25) is 9.78 Å². The second kappa shape index (κ2) is 7.70. The third-order valence-corrected chi connectivity index (χ3v) is 4.13. The molecule has 0 amide bonds. The van der Waals surface area contributed by atoms with Crippen molar-refractivity contribution in [1.29, 1.82) is 0 Å². The lowest BCUT2D eigenvalue weighted by Crippen LogP contribution is -1.95. The van der Waals surface area contributed by atoms with Crippen LogP contribution in [0, 0.1) is 0 Å². The van der Waals surface area contributed by atoms with Gasteiger partial charge in [0.05, 0.1) is 0 Å². The van der Waals surface area contributed by atoms with Gasteiger partial charge in [-0.05, 0) is 53.6 Å². The van der Waals surface area contributed by atoms with Crippen LogP contribution in [0.5, 0.6) is 5.75 Å². The first kappa shape index (κ1) is 16.8. The van der Waals surface area contributed by atoms with E-state index >= 15 is 0 Å². The Hall–Kier alpha value is -3.66. The van der Waals surface area contributed by atoms with Crippen LogP contribution in [0.3, 0.4) is 0 Å². The van der Waals surface area contributed by atoms with E-state index in [1.54, 1.807) is 24.5 Å². The molecule has 0 bridgehead atoms. The van der Waals surface area contributed by atoms with Crippen molar-refractivity contribution < 1.29 is 13.9 Å². The number of nitrogens with zero attached hydrogens (tertiary/aromatic N) is 1. The van der Waals surface area contributed by atoms with Crippen molar-refractivity contribution in [1.82, 2.24) is 4.98 Å². The van der Waals surface area contributed by atoms with Crippen molar-refractivity contribution in [2.24, 2.45) is 0 Å². The van der Waals surface area contributed by atoms with Gasteiger partial charge in [0.25, 0.3) is 0 Å². The number of ether oxygens (including phenoxy) is 1. The van der Waals surface area contributed by atoms with Gasteiger partial charge in [-0.25, -0.2) is 0 Å². The predicted molar refractivity (Wildman–Crippen MR) is 105 cm³/mol. The Balaban J connectivity index is 1.39. The lowest BCUT2D eigenvalue weighted by molar-refractivity contribution is 0.102. The highest BCUT2D eigenvalue weighted by Gasteiger charge is 2.08. The number of ketones is 1. The Bertz CT molecular complexity index is 1050. The fraction of sp³-hybridized carbons (Fsp3) is 0.0435. The highest BCUT2D eigenvalue weighted by Crippen LogP contribution is 2.20. The Labute approximate surface area is 156 Å². The van der Waals surface area contributed by atoms with Crippen molar-refractivity contribution in [3.63, 3.8) is 0 Å². The van der Waals surface area contributed by atoms with Crippen LogP contribution in [-0.2, 0) is 6.61 Å². The van der Waals surface area contributed by atoms with Gasteiger partial charge in [-0.1, -0.05) is 36.4 Å².